The second kappa shape index (κ2) is 7.04. The number of rotatable bonds is 7. The summed E-state index contributed by atoms with van der Waals surface area (Å²) in [5, 5.41) is -0.236. The van der Waals surface area contributed by atoms with Gasteiger partial charge in [0.15, 0.2) is 0 Å². The molecule has 1 aliphatic carbocycles. The Balaban J connectivity index is 2.81. The van der Waals surface area contributed by atoms with Crippen molar-refractivity contribution in [3.05, 3.63) is 23.8 Å². The summed E-state index contributed by atoms with van der Waals surface area (Å²) in [6, 6.07) is 0. The molecule has 0 atom stereocenters. The van der Waals surface area contributed by atoms with Crippen LogP contribution < -0.4 is 0 Å². The molecule has 19 heavy (non-hydrogen) atoms. The molecule has 1 rings (SSSR count). The molecular weight excluding hydrogens is 258 g/mol. The highest BCUT2D eigenvalue weighted by Crippen LogP contribution is 2.47. The Morgan fingerprint density at radius 1 is 1.42 bits per heavy atom. The van der Waals surface area contributed by atoms with E-state index in [2.05, 4.69) is 44.8 Å². The number of allylic oxidation sites excluding steroid dienone is 4. The van der Waals surface area contributed by atoms with Gasteiger partial charge in [0.05, 0.1) is 17.7 Å². The first-order valence-corrected chi connectivity index (χ1v) is 7.37. The van der Waals surface area contributed by atoms with Crippen LogP contribution in [0, 0.1) is 11.3 Å². The number of aliphatic imine (C=N–C) groups is 1. The van der Waals surface area contributed by atoms with Crippen LogP contribution in [0.2, 0.25) is 0 Å². The van der Waals surface area contributed by atoms with Crippen molar-refractivity contribution in [3.63, 3.8) is 0 Å². The molecule has 1 fully saturated rings. The van der Waals surface area contributed by atoms with Gasteiger partial charge in [-0.25, -0.2) is 0 Å². The van der Waals surface area contributed by atoms with Crippen LogP contribution in [-0.2, 0) is 4.79 Å². The molecular formula is C16H24ClNO. The molecule has 0 aliphatic heterocycles. The molecule has 0 spiro atoms. The fourth-order valence-corrected chi connectivity index (χ4v) is 1.85. The van der Waals surface area contributed by atoms with Crippen LogP contribution in [-0.4, -0.2) is 17.5 Å². The van der Waals surface area contributed by atoms with E-state index in [0.717, 1.165) is 25.0 Å². The Kier molecular flexibility index (Phi) is 5.99. The average molecular weight is 282 g/mol. The third-order valence-corrected chi connectivity index (χ3v) is 3.84. The van der Waals surface area contributed by atoms with Crippen molar-refractivity contribution < 1.29 is 4.79 Å². The first kappa shape index (κ1) is 16.2. The molecule has 1 saturated carbocycles. The van der Waals surface area contributed by atoms with Crippen LogP contribution in [0.1, 0.15) is 47.0 Å². The van der Waals surface area contributed by atoms with E-state index in [1.165, 1.54) is 5.57 Å². The number of halogens is 1. The summed E-state index contributed by atoms with van der Waals surface area (Å²) < 4.78 is 0. The maximum Gasteiger partial charge on any atom is 0.229 e. The van der Waals surface area contributed by atoms with E-state index in [-0.39, 0.29) is 10.7 Å². The molecule has 0 aromatic rings. The Hall–Kier alpha value is -0.890. The molecule has 0 N–H and O–H groups in total. The van der Waals surface area contributed by atoms with Crippen LogP contribution in [0.3, 0.4) is 0 Å². The van der Waals surface area contributed by atoms with E-state index in [4.69, 9.17) is 11.6 Å². The van der Waals surface area contributed by atoms with Gasteiger partial charge in [-0.1, -0.05) is 32.4 Å². The lowest BCUT2D eigenvalue weighted by molar-refractivity contribution is -0.115. The minimum absolute atomic E-state index is 0.236. The van der Waals surface area contributed by atoms with Gasteiger partial charge in [0, 0.05) is 0 Å². The van der Waals surface area contributed by atoms with Gasteiger partial charge >= 0.3 is 0 Å². The molecule has 0 aromatic heterocycles. The normalized spacial score (nSPS) is 19.3. The second-order valence-corrected chi connectivity index (χ2v) is 6.09. The van der Waals surface area contributed by atoms with Gasteiger partial charge in [0.1, 0.15) is 0 Å². The Bertz CT molecular complexity index is 414. The fourth-order valence-electron chi connectivity index (χ4n) is 1.60. The monoisotopic (exact) mass is 281 g/mol. The van der Waals surface area contributed by atoms with Crippen molar-refractivity contribution in [3.8, 4) is 0 Å². The molecule has 0 heterocycles. The van der Waals surface area contributed by atoms with Crippen molar-refractivity contribution >= 4 is 22.6 Å². The SMILES string of the molecule is CC/C(C)=C\C(/C=C/C(C)C)=NCC1(C(=O)Cl)CC1. The molecule has 0 aromatic carbocycles. The molecule has 3 heteroatoms. The van der Waals surface area contributed by atoms with E-state index in [9.17, 15) is 4.79 Å². The van der Waals surface area contributed by atoms with Crippen LogP contribution in [0.15, 0.2) is 28.8 Å². The third kappa shape index (κ3) is 5.32. The molecule has 0 unspecified atom stereocenters. The van der Waals surface area contributed by atoms with Crippen LogP contribution in [0.4, 0.5) is 0 Å². The van der Waals surface area contributed by atoms with E-state index in [1.54, 1.807) is 0 Å². The molecule has 1 aliphatic rings. The van der Waals surface area contributed by atoms with E-state index < -0.39 is 0 Å². The van der Waals surface area contributed by atoms with Gasteiger partial charge in [-0.15, -0.1) is 0 Å². The predicted molar refractivity (Wildman–Crippen MR) is 82.9 cm³/mol. The highest BCUT2D eigenvalue weighted by Gasteiger charge is 2.48. The zero-order chi connectivity index (χ0) is 14.5. The van der Waals surface area contributed by atoms with Gasteiger partial charge in [0.2, 0.25) is 5.24 Å². The first-order valence-electron chi connectivity index (χ1n) is 6.99. The zero-order valence-electron chi connectivity index (χ0n) is 12.4. The number of hydrogen-bond acceptors (Lipinski definition) is 2. The fraction of sp³-hybridized carbons (Fsp3) is 0.625. The first-order chi connectivity index (χ1) is 8.89. The van der Waals surface area contributed by atoms with Crippen molar-refractivity contribution in [2.75, 3.05) is 6.54 Å². The summed E-state index contributed by atoms with van der Waals surface area (Å²) in [7, 11) is 0. The minimum Gasteiger partial charge on any atom is -0.284 e. The summed E-state index contributed by atoms with van der Waals surface area (Å²) in [6.45, 7) is 9.00. The molecule has 0 amide bonds. The summed E-state index contributed by atoms with van der Waals surface area (Å²) in [5.41, 5.74) is 1.86. The average Bonchev–Trinajstić information content (AvgIpc) is 3.13. The number of hydrogen-bond donors (Lipinski definition) is 0. The lowest BCUT2D eigenvalue weighted by Gasteiger charge is -2.06. The van der Waals surface area contributed by atoms with Gasteiger partial charge in [0.25, 0.3) is 0 Å². The maximum absolute atomic E-state index is 11.3. The largest absolute Gasteiger partial charge is 0.284 e. The Labute approximate surface area is 121 Å². The third-order valence-electron chi connectivity index (χ3n) is 3.44. The van der Waals surface area contributed by atoms with E-state index >= 15 is 0 Å². The predicted octanol–water partition coefficient (Wildman–Crippen LogP) is 4.54. The van der Waals surface area contributed by atoms with Gasteiger partial charge in [-0.2, -0.15) is 0 Å². The molecule has 2 nitrogen and oxygen atoms in total. The quantitative estimate of drug-likeness (QED) is 0.497. The summed E-state index contributed by atoms with van der Waals surface area (Å²) in [4.78, 5) is 15.9. The summed E-state index contributed by atoms with van der Waals surface area (Å²) in [6.07, 6.45) is 9.01. The number of nitrogens with zero attached hydrogens (tertiary/aromatic N) is 1. The zero-order valence-corrected chi connectivity index (χ0v) is 13.1. The molecule has 0 saturated heterocycles. The van der Waals surface area contributed by atoms with Crippen LogP contribution in [0.5, 0.6) is 0 Å². The molecule has 106 valence electrons. The summed E-state index contributed by atoms with van der Waals surface area (Å²) in [5.74, 6) is 0.491. The Morgan fingerprint density at radius 3 is 2.47 bits per heavy atom. The smallest absolute Gasteiger partial charge is 0.229 e. The standard InChI is InChI=1S/C16H24ClNO/c1-5-13(4)10-14(7-6-12(2)3)18-11-16(8-9-16)15(17)19/h6-7,10,12H,5,8-9,11H2,1-4H3/b7-6+,13-10-,18-14?. The highest BCUT2D eigenvalue weighted by atomic mass is 35.5. The highest BCUT2D eigenvalue weighted by molar-refractivity contribution is 6.65. The molecule has 0 bridgehead atoms. The second-order valence-electron chi connectivity index (χ2n) is 5.74. The van der Waals surface area contributed by atoms with Crippen LogP contribution >= 0.6 is 11.6 Å². The van der Waals surface area contributed by atoms with E-state index in [0.29, 0.717) is 12.5 Å². The minimum atomic E-state index is -0.369. The Morgan fingerprint density at radius 2 is 2.05 bits per heavy atom. The number of carbonyl (C=O) groups is 1. The van der Waals surface area contributed by atoms with Gasteiger partial charge in [-0.05, 0) is 55.9 Å². The topological polar surface area (TPSA) is 29.4 Å². The lowest BCUT2D eigenvalue weighted by Crippen LogP contribution is -2.14. The van der Waals surface area contributed by atoms with Gasteiger partial charge < -0.3 is 0 Å². The molecule has 0 radical (unpaired) electrons. The maximum atomic E-state index is 11.3. The van der Waals surface area contributed by atoms with Crippen molar-refractivity contribution in [1.82, 2.24) is 0 Å². The van der Waals surface area contributed by atoms with Crippen molar-refractivity contribution in [2.45, 2.75) is 47.0 Å². The summed E-state index contributed by atoms with van der Waals surface area (Å²) >= 11 is 5.63. The number of carbonyl (C=O) groups excluding carboxylic acids is 1. The van der Waals surface area contributed by atoms with Crippen LogP contribution in [0.25, 0.3) is 0 Å². The van der Waals surface area contributed by atoms with Crippen molar-refractivity contribution in [1.29, 1.82) is 0 Å². The van der Waals surface area contributed by atoms with Gasteiger partial charge in [-0.3, -0.25) is 9.79 Å². The lowest BCUT2D eigenvalue weighted by atomic mass is 10.1. The van der Waals surface area contributed by atoms with E-state index in [1.807, 2.05) is 6.08 Å². The van der Waals surface area contributed by atoms with Crippen molar-refractivity contribution in [2.24, 2.45) is 16.3 Å².